The van der Waals surface area contributed by atoms with Crippen molar-refractivity contribution in [2.75, 3.05) is 4.90 Å². The zero-order valence-corrected chi connectivity index (χ0v) is 18.5. The Bertz CT molecular complexity index is 1470. The highest BCUT2D eigenvalue weighted by Gasteiger charge is 2.17. The van der Waals surface area contributed by atoms with Gasteiger partial charge < -0.3 is 9.32 Å². The number of benzene rings is 3. The molecule has 0 aliphatic rings. The van der Waals surface area contributed by atoms with Gasteiger partial charge in [-0.25, -0.2) is 4.98 Å². The van der Waals surface area contributed by atoms with Crippen LogP contribution in [0.5, 0.6) is 0 Å². The first kappa shape index (κ1) is 20.6. The van der Waals surface area contributed by atoms with Gasteiger partial charge in [0.25, 0.3) is 5.56 Å². The van der Waals surface area contributed by atoms with Crippen LogP contribution in [0.25, 0.3) is 22.4 Å². The lowest BCUT2D eigenvalue weighted by molar-refractivity contribution is 0.494. The predicted molar refractivity (Wildman–Crippen MR) is 128 cm³/mol. The maximum absolute atomic E-state index is 12.9. The van der Waals surface area contributed by atoms with Crippen LogP contribution < -0.4 is 10.5 Å². The molecule has 0 aliphatic carbocycles. The van der Waals surface area contributed by atoms with E-state index in [4.69, 9.17) is 9.40 Å². The molecule has 0 fully saturated rings. The number of hydrogen-bond donors (Lipinski definition) is 0. The van der Waals surface area contributed by atoms with E-state index in [1.165, 1.54) is 0 Å². The monoisotopic (exact) mass is 437 g/mol. The topological polar surface area (TPSA) is 77.1 Å². The van der Waals surface area contributed by atoms with Gasteiger partial charge in [0.15, 0.2) is 0 Å². The number of rotatable bonds is 6. The van der Waals surface area contributed by atoms with Crippen LogP contribution in [0.1, 0.15) is 17.3 Å². The number of aromatic nitrogens is 4. The summed E-state index contributed by atoms with van der Waals surface area (Å²) in [5.41, 5.74) is 3.60. The molecule has 2 aromatic heterocycles. The normalized spacial score (nSPS) is 11.1. The highest BCUT2D eigenvalue weighted by molar-refractivity contribution is 5.77. The van der Waals surface area contributed by atoms with Gasteiger partial charge in [-0.15, -0.1) is 10.2 Å². The number of aryl methyl sites for hydroxylation is 1. The van der Waals surface area contributed by atoms with Crippen molar-refractivity contribution in [3.63, 3.8) is 0 Å². The Balaban J connectivity index is 1.49. The van der Waals surface area contributed by atoms with Gasteiger partial charge in [0.1, 0.15) is 5.82 Å². The largest absolute Gasteiger partial charge is 0.419 e. The second kappa shape index (κ2) is 8.70. The van der Waals surface area contributed by atoms with Crippen molar-refractivity contribution in [2.24, 2.45) is 7.05 Å². The van der Waals surface area contributed by atoms with E-state index in [0.29, 0.717) is 41.6 Å². The molecule has 0 saturated carbocycles. The van der Waals surface area contributed by atoms with Crippen LogP contribution in [0.15, 0.2) is 88.1 Å². The summed E-state index contributed by atoms with van der Waals surface area (Å²) in [5, 5.41) is 9.12. The summed E-state index contributed by atoms with van der Waals surface area (Å²) >= 11 is 0. The van der Waals surface area contributed by atoms with Crippen molar-refractivity contribution in [1.82, 2.24) is 19.7 Å². The molecule has 0 amide bonds. The summed E-state index contributed by atoms with van der Waals surface area (Å²) in [6.45, 7) is 2.81. The maximum Gasteiger partial charge on any atom is 0.261 e. The minimum Gasteiger partial charge on any atom is -0.419 e. The second-order valence-corrected chi connectivity index (χ2v) is 7.97. The van der Waals surface area contributed by atoms with Crippen molar-refractivity contribution in [3.05, 3.63) is 106 Å². The van der Waals surface area contributed by atoms with Crippen LogP contribution in [0, 0.1) is 6.92 Å². The zero-order chi connectivity index (χ0) is 22.8. The molecule has 2 heterocycles. The summed E-state index contributed by atoms with van der Waals surface area (Å²) in [7, 11) is 1.75. The molecular formula is C26H23N5O2. The van der Waals surface area contributed by atoms with E-state index in [1.54, 1.807) is 17.7 Å². The molecule has 0 aliphatic heterocycles. The van der Waals surface area contributed by atoms with Crippen molar-refractivity contribution in [1.29, 1.82) is 0 Å². The fourth-order valence-electron chi connectivity index (χ4n) is 3.83. The van der Waals surface area contributed by atoms with E-state index in [9.17, 15) is 4.79 Å². The molecule has 0 atom stereocenters. The number of hydrogen-bond acceptors (Lipinski definition) is 6. The molecule has 5 aromatic rings. The van der Waals surface area contributed by atoms with Crippen molar-refractivity contribution in [3.8, 4) is 11.5 Å². The standard InChI is InChI=1S/C26H23N5O2/c1-18-9-8-10-19(15-18)25-29-28-24(33-25)17-31(20-11-4-3-5-12-20)16-23-27-22-14-7-6-13-21(22)26(32)30(23)2/h3-15H,16-17H2,1-2H3. The summed E-state index contributed by atoms with van der Waals surface area (Å²) < 4.78 is 7.59. The number of fused-ring (bicyclic) bond motifs is 1. The quantitative estimate of drug-likeness (QED) is 0.389. The van der Waals surface area contributed by atoms with Gasteiger partial charge in [0.05, 0.1) is 24.0 Å². The van der Waals surface area contributed by atoms with Gasteiger partial charge in [-0.2, -0.15) is 0 Å². The Hall–Kier alpha value is -4.26. The molecule has 0 saturated heterocycles. The Morgan fingerprint density at radius 2 is 1.70 bits per heavy atom. The lowest BCUT2D eigenvalue weighted by Crippen LogP contribution is -2.29. The van der Waals surface area contributed by atoms with Crippen LogP contribution >= 0.6 is 0 Å². The highest BCUT2D eigenvalue weighted by Crippen LogP contribution is 2.23. The molecule has 0 bridgehead atoms. The van der Waals surface area contributed by atoms with Gasteiger partial charge in [0.2, 0.25) is 11.8 Å². The highest BCUT2D eigenvalue weighted by atomic mass is 16.4. The number of anilines is 1. The third-order valence-corrected chi connectivity index (χ3v) is 5.59. The van der Waals surface area contributed by atoms with Crippen molar-refractivity contribution < 1.29 is 4.42 Å². The number of nitrogens with zero attached hydrogens (tertiary/aromatic N) is 5. The zero-order valence-electron chi connectivity index (χ0n) is 18.5. The molecule has 0 unspecified atom stereocenters. The molecule has 0 spiro atoms. The average molecular weight is 438 g/mol. The van der Waals surface area contributed by atoms with Gasteiger partial charge in [-0.1, -0.05) is 48.0 Å². The third kappa shape index (κ3) is 4.25. The Kier molecular flexibility index (Phi) is 5.44. The first-order valence-electron chi connectivity index (χ1n) is 10.7. The minimum absolute atomic E-state index is 0.0665. The molecule has 0 N–H and O–H groups in total. The fraction of sp³-hybridized carbons (Fsp3) is 0.154. The first-order chi connectivity index (χ1) is 16.1. The summed E-state index contributed by atoms with van der Waals surface area (Å²) in [6, 6.07) is 25.3. The SMILES string of the molecule is Cc1cccc(-c2nnc(CN(Cc3nc4ccccc4c(=O)n3C)c3ccccc3)o2)c1. The summed E-state index contributed by atoms with van der Waals surface area (Å²) in [5.74, 6) is 1.63. The molecular weight excluding hydrogens is 414 g/mol. The molecule has 5 rings (SSSR count). The number of para-hydroxylation sites is 2. The van der Waals surface area contributed by atoms with E-state index in [-0.39, 0.29) is 5.56 Å². The van der Waals surface area contributed by atoms with Crippen LogP contribution in [-0.2, 0) is 20.1 Å². The third-order valence-electron chi connectivity index (χ3n) is 5.59. The maximum atomic E-state index is 12.9. The smallest absolute Gasteiger partial charge is 0.261 e. The lowest BCUT2D eigenvalue weighted by atomic mass is 10.1. The Labute approximate surface area is 191 Å². The van der Waals surface area contributed by atoms with E-state index >= 15 is 0 Å². The van der Waals surface area contributed by atoms with Crippen LogP contribution in [0.4, 0.5) is 5.69 Å². The predicted octanol–water partition coefficient (Wildman–Crippen LogP) is 4.50. The second-order valence-electron chi connectivity index (χ2n) is 7.97. The van der Waals surface area contributed by atoms with Gasteiger partial charge in [-0.3, -0.25) is 9.36 Å². The summed E-state index contributed by atoms with van der Waals surface area (Å²) in [4.78, 5) is 19.7. The minimum atomic E-state index is -0.0665. The molecule has 33 heavy (non-hydrogen) atoms. The lowest BCUT2D eigenvalue weighted by Gasteiger charge is -2.24. The van der Waals surface area contributed by atoms with E-state index in [1.807, 2.05) is 79.7 Å². The molecule has 164 valence electrons. The molecule has 0 radical (unpaired) electrons. The van der Waals surface area contributed by atoms with Crippen LogP contribution in [0.3, 0.4) is 0 Å². The van der Waals surface area contributed by atoms with E-state index < -0.39 is 0 Å². The van der Waals surface area contributed by atoms with Crippen LogP contribution in [0.2, 0.25) is 0 Å². The Morgan fingerprint density at radius 1 is 0.909 bits per heavy atom. The average Bonchev–Trinajstić information content (AvgIpc) is 3.31. The van der Waals surface area contributed by atoms with Crippen molar-refractivity contribution in [2.45, 2.75) is 20.0 Å². The Morgan fingerprint density at radius 3 is 2.52 bits per heavy atom. The van der Waals surface area contributed by atoms with E-state index in [0.717, 1.165) is 16.8 Å². The van der Waals surface area contributed by atoms with Crippen molar-refractivity contribution >= 4 is 16.6 Å². The van der Waals surface area contributed by atoms with Gasteiger partial charge >= 0.3 is 0 Å². The molecule has 7 nitrogen and oxygen atoms in total. The van der Waals surface area contributed by atoms with E-state index in [2.05, 4.69) is 15.1 Å². The molecule has 7 heteroatoms. The van der Waals surface area contributed by atoms with Crippen LogP contribution in [-0.4, -0.2) is 19.7 Å². The molecule has 3 aromatic carbocycles. The fourth-order valence-corrected chi connectivity index (χ4v) is 3.83. The summed E-state index contributed by atoms with van der Waals surface area (Å²) in [6.07, 6.45) is 0. The first-order valence-corrected chi connectivity index (χ1v) is 10.7. The van der Waals surface area contributed by atoms with Gasteiger partial charge in [0, 0.05) is 18.3 Å². The van der Waals surface area contributed by atoms with Gasteiger partial charge in [-0.05, 0) is 43.3 Å².